The second-order valence-corrected chi connectivity index (χ2v) is 24.2. The van der Waals surface area contributed by atoms with E-state index < -0.39 is 19.2 Å². The molecule has 0 amide bonds. The summed E-state index contributed by atoms with van der Waals surface area (Å²) < 4.78 is 12.3. The molecule has 0 saturated heterocycles. The van der Waals surface area contributed by atoms with Gasteiger partial charge in [-0.05, 0) is 51.0 Å². The molecule has 0 spiro atoms. The molecule has 3 aromatic heterocycles. The van der Waals surface area contributed by atoms with Crippen LogP contribution < -0.4 is 4.40 Å². The number of aryl methyl sites for hydroxylation is 1. The van der Waals surface area contributed by atoms with E-state index in [9.17, 15) is 0 Å². The van der Waals surface area contributed by atoms with Crippen LogP contribution in [-0.4, -0.2) is 23.2 Å². The molecular formula is C41H38GeIrN2S-2. The summed E-state index contributed by atoms with van der Waals surface area (Å²) in [5.74, 6) is 6.55. The third-order valence-electron chi connectivity index (χ3n) is 8.04. The Balaban J connectivity index is 0.000000207. The molecule has 4 aromatic carbocycles. The number of hydrogen-bond acceptors (Lipinski definition) is 3. The maximum absolute atomic E-state index is 8.35. The molecule has 0 N–H and O–H groups in total. The van der Waals surface area contributed by atoms with Crippen LogP contribution in [0.1, 0.15) is 32.2 Å². The molecule has 7 rings (SSSR count). The van der Waals surface area contributed by atoms with Gasteiger partial charge in [-0.25, -0.2) is 0 Å². The van der Waals surface area contributed by atoms with Crippen molar-refractivity contribution in [2.45, 2.75) is 43.9 Å². The first kappa shape index (κ1) is 32.5. The average molecular weight is 857 g/mol. The smallest absolute Gasteiger partial charge is 0.0346 e. The normalized spacial score (nSPS) is 11.8. The van der Waals surface area contributed by atoms with Crippen molar-refractivity contribution in [2.75, 3.05) is 0 Å². The Bertz CT molecular complexity index is 2130. The zero-order valence-electron chi connectivity index (χ0n) is 28.1. The number of benzene rings is 4. The van der Waals surface area contributed by atoms with Gasteiger partial charge in [-0.3, -0.25) is 0 Å². The van der Waals surface area contributed by atoms with Crippen molar-refractivity contribution < 1.29 is 21.5 Å². The number of nitrogens with zero attached hydrogens (tertiary/aromatic N) is 2. The minimum Gasteiger partial charge on any atom is -0.305 e. The molecule has 1 radical (unpaired) electrons. The topological polar surface area (TPSA) is 25.8 Å². The summed E-state index contributed by atoms with van der Waals surface area (Å²) in [7, 11) is 0. The minimum absolute atomic E-state index is 0. The molecule has 233 valence electrons. The van der Waals surface area contributed by atoms with E-state index in [0.29, 0.717) is 0 Å². The van der Waals surface area contributed by atoms with E-state index in [1.54, 1.807) is 17.5 Å². The number of pyridine rings is 2. The summed E-state index contributed by atoms with van der Waals surface area (Å²) in [6, 6.07) is 42.1. The van der Waals surface area contributed by atoms with Crippen molar-refractivity contribution in [2.24, 2.45) is 0 Å². The van der Waals surface area contributed by atoms with E-state index in [0.717, 1.165) is 28.1 Å². The van der Waals surface area contributed by atoms with Crippen LogP contribution in [-0.2, 0) is 20.1 Å². The Morgan fingerprint density at radius 3 is 2.24 bits per heavy atom. The first-order valence-electron chi connectivity index (χ1n) is 15.8. The molecule has 0 aliphatic rings. The summed E-state index contributed by atoms with van der Waals surface area (Å²) in [6.45, 7) is 6.00. The monoisotopic (exact) mass is 858 g/mol. The van der Waals surface area contributed by atoms with Crippen LogP contribution in [0.4, 0.5) is 0 Å². The van der Waals surface area contributed by atoms with Crippen molar-refractivity contribution in [1.82, 2.24) is 9.97 Å². The Hall–Kier alpha value is -3.41. The standard InChI is InChI=1S/C26H20NS.C15H18GeN.Ir/c1-17(2)19-13-14-27-24(16-19)22-10-6-9-21-23-15-20(18-7-4-3-5-8-18)11-12-25(23)28-26(21)22;1-12-10-15(13-8-6-5-7-9-13)17-11-14(12)16(2,3)4;/h3-9,11-17H,1-2H3;5-8,10-11H,1-4H3;/q2*-1;/i17D;;. The molecule has 2 nitrogen and oxygen atoms in total. The second kappa shape index (κ2) is 14.6. The van der Waals surface area contributed by atoms with E-state index in [1.807, 2.05) is 56.3 Å². The van der Waals surface area contributed by atoms with Gasteiger partial charge in [0.2, 0.25) is 0 Å². The van der Waals surface area contributed by atoms with Crippen molar-refractivity contribution in [3.8, 4) is 33.6 Å². The van der Waals surface area contributed by atoms with Crippen LogP contribution in [0.5, 0.6) is 0 Å². The van der Waals surface area contributed by atoms with Gasteiger partial charge in [0.1, 0.15) is 0 Å². The minimum atomic E-state index is -1.77. The second-order valence-electron chi connectivity index (χ2n) is 12.6. The van der Waals surface area contributed by atoms with Gasteiger partial charge in [0.15, 0.2) is 0 Å². The zero-order valence-corrected chi connectivity index (χ0v) is 32.4. The van der Waals surface area contributed by atoms with E-state index in [-0.39, 0.29) is 20.1 Å². The number of thiophene rings is 1. The maximum atomic E-state index is 8.35. The van der Waals surface area contributed by atoms with E-state index >= 15 is 0 Å². The summed E-state index contributed by atoms with van der Waals surface area (Å²) in [4.78, 5) is 9.19. The van der Waals surface area contributed by atoms with Gasteiger partial charge in [0, 0.05) is 32.4 Å². The van der Waals surface area contributed by atoms with E-state index in [2.05, 4.69) is 113 Å². The predicted octanol–water partition coefficient (Wildman–Crippen LogP) is 11.1. The molecule has 7 aromatic rings. The first-order valence-corrected chi connectivity index (χ1v) is 23.5. The average Bonchev–Trinajstić information content (AvgIpc) is 3.43. The molecule has 0 aliphatic carbocycles. The number of rotatable bonds is 5. The quantitative estimate of drug-likeness (QED) is 0.127. The number of hydrogen-bond donors (Lipinski definition) is 0. The fourth-order valence-corrected chi connectivity index (χ4v) is 10.4. The van der Waals surface area contributed by atoms with Gasteiger partial charge in [0.25, 0.3) is 0 Å². The van der Waals surface area contributed by atoms with Crippen molar-refractivity contribution in [3.63, 3.8) is 0 Å². The zero-order chi connectivity index (χ0) is 32.5. The van der Waals surface area contributed by atoms with Crippen LogP contribution in [0.25, 0.3) is 53.8 Å². The Labute approximate surface area is 295 Å². The van der Waals surface area contributed by atoms with Gasteiger partial charge in [0.05, 0.1) is 0 Å². The molecule has 5 heteroatoms. The third kappa shape index (κ3) is 7.42. The van der Waals surface area contributed by atoms with Crippen LogP contribution in [0.15, 0.2) is 116 Å². The maximum Gasteiger partial charge on any atom is 0.0346 e. The molecule has 3 heterocycles. The van der Waals surface area contributed by atoms with Crippen LogP contribution in [0.2, 0.25) is 17.3 Å². The molecule has 0 atom stereocenters. The van der Waals surface area contributed by atoms with Crippen LogP contribution in [0.3, 0.4) is 0 Å². The van der Waals surface area contributed by atoms with Crippen molar-refractivity contribution in [1.29, 1.82) is 0 Å². The summed E-state index contributed by atoms with van der Waals surface area (Å²) in [6.07, 6.45) is 3.87. The Morgan fingerprint density at radius 1 is 0.761 bits per heavy atom. The largest absolute Gasteiger partial charge is 0.305 e. The van der Waals surface area contributed by atoms with Crippen LogP contribution >= 0.6 is 11.3 Å². The van der Waals surface area contributed by atoms with Crippen LogP contribution in [0, 0.1) is 19.1 Å². The summed E-state index contributed by atoms with van der Waals surface area (Å²) in [5.41, 5.74) is 8.77. The van der Waals surface area contributed by atoms with Gasteiger partial charge >= 0.3 is 106 Å². The molecule has 0 saturated carbocycles. The van der Waals surface area contributed by atoms with Gasteiger partial charge < -0.3 is 4.98 Å². The van der Waals surface area contributed by atoms with Gasteiger partial charge in [-0.15, -0.1) is 23.8 Å². The fraction of sp³-hybridized carbons (Fsp3) is 0.171. The molecular weight excluding hydrogens is 817 g/mol. The SMILES string of the molecule is Cc1cc(-c2[c-]cccc2)nc[c]1[Ge]([CH3])([CH3])[CH3].[2H]C(C)(C)c1ccnc(-c2[c-]ccc3c2sc2ccc(-c4ccccc4)cc23)c1.[Ir]. The summed E-state index contributed by atoms with van der Waals surface area (Å²) in [5, 5.41) is 2.49. The van der Waals surface area contributed by atoms with Gasteiger partial charge in [-0.2, -0.15) is 11.3 Å². The Kier molecular flexibility index (Phi) is 10.3. The number of fused-ring (bicyclic) bond motifs is 3. The van der Waals surface area contributed by atoms with Crippen molar-refractivity contribution >= 4 is 49.2 Å². The molecule has 0 bridgehead atoms. The Morgan fingerprint density at radius 2 is 1.54 bits per heavy atom. The predicted molar refractivity (Wildman–Crippen MR) is 197 cm³/mol. The van der Waals surface area contributed by atoms with Crippen molar-refractivity contribution in [3.05, 3.63) is 139 Å². The molecule has 0 aliphatic heterocycles. The first-order chi connectivity index (χ1) is 22.0. The number of aromatic nitrogens is 2. The third-order valence-corrected chi connectivity index (χ3v) is 13.7. The molecule has 0 unspecified atom stereocenters. The molecule has 0 fully saturated rings. The fourth-order valence-electron chi connectivity index (χ4n) is 5.66. The van der Waals surface area contributed by atoms with E-state index in [1.165, 1.54) is 41.3 Å². The van der Waals surface area contributed by atoms with E-state index in [4.69, 9.17) is 1.37 Å². The summed E-state index contributed by atoms with van der Waals surface area (Å²) >= 11 is 0.00964. The van der Waals surface area contributed by atoms with Gasteiger partial charge in [-0.1, -0.05) is 67.3 Å². The molecule has 46 heavy (non-hydrogen) atoms.